The Labute approximate surface area is 194 Å². The first-order valence-electron chi connectivity index (χ1n) is 10.7. The van der Waals surface area contributed by atoms with Gasteiger partial charge >= 0.3 is 0 Å². The van der Waals surface area contributed by atoms with Gasteiger partial charge in [-0.15, -0.1) is 11.3 Å². The minimum absolute atomic E-state index is 0.0230. The van der Waals surface area contributed by atoms with Gasteiger partial charge in [0, 0.05) is 10.9 Å². The number of halogens is 1. The van der Waals surface area contributed by atoms with E-state index in [1.807, 2.05) is 30.3 Å². The molecule has 0 atom stereocenters. The fourth-order valence-electron chi connectivity index (χ4n) is 3.73. The molecule has 0 spiro atoms. The van der Waals surface area contributed by atoms with Crippen molar-refractivity contribution < 1.29 is 13.9 Å². The lowest BCUT2D eigenvalue weighted by molar-refractivity contribution is -0.118. The van der Waals surface area contributed by atoms with Gasteiger partial charge in [-0.2, -0.15) is 0 Å². The zero-order chi connectivity index (χ0) is 22.8. The van der Waals surface area contributed by atoms with Gasteiger partial charge in [-0.05, 0) is 60.0 Å². The van der Waals surface area contributed by atoms with Crippen LogP contribution in [0.15, 0.2) is 77.1 Å². The van der Waals surface area contributed by atoms with Gasteiger partial charge in [-0.25, -0.2) is 9.38 Å². The van der Waals surface area contributed by atoms with E-state index in [2.05, 4.69) is 34.3 Å². The highest BCUT2D eigenvalue weighted by Crippen LogP contribution is 2.33. The van der Waals surface area contributed by atoms with Gasteiger partial charge in [-0.1, -0.05) is 31.2 Å². The van der Waals surface area contributed by atoms with Crippen molar-refractivity contribution in [1.29, 1.82) is 0 Å². The maximum Gasteiger partial charge on any atom is 0.262 e. The summed E-state index contributed by atoms with van der Waals surface area (Å²) in [4.78, 5) is 17.5. The molecule has 4 aromatic rings. The zero-order valence-corrected chi connectivity index (χ0v) is 18.9. The van der Waals surface area contributed by atoms with Crippen LogP contribution in [-0.4, -0.2) is 17.1 Å². The fraction of sp³-hybridized carbons (Fsp3) is 0.154. The number of nitrogens with zero attached hydrogens (tertiary/aromatic N) is 2. The predicted molar refractivity (Wildman–Crippen MR) is 128 cm³/mol. The van der Waals surface area contributed by atoms with Crippen molar-refractivity contribution in [2.75, 3.05) is 11.9 Å². The molecule has 0 saturated carbocycles. The van der Waals surface area contributed by atoms with Crippen LogP contribution >= 0.6 is 11.3 Å². The molecule has 1 N–H and O–H groups in total. The van der Waals surface area contributed by atoms with E-state index in [9.17, 15) is 9.18 Å². The molecule has 0 saturated heterocycles. The van der Waals surface area contributed by atoms with Crippen LogP contribution < -0.4 is 14.9 Å². The summed E-state index contributed by atoms with van der Waals surface area (Å²) >= 11 is 1.54. The number of hydrogen-bond acceptors (Lipinski definition) is 4. The third kappa shape index (κ3) is 4.59. The number of anilines is 1. The smallest absolute Gasteiger partial charge is 0.262 e. The number of nitrogens with one attached hydrogen (secondary N) is 1. The van der Waals surface area contributed by atoms with Crippen LogP contribution in [0.1, 0.15) is 18.1 Å². The Bertz CT molecular complexity index is 1370. The molecule has 1 aliphatic rings. The minimum Gasteiger partial charge on any atom is -0.482 e. The summed E-state index contributed by atoms with van der Waals surface area (Å²) in [6.45, 7) is 2.68. The average molecular weight is 460 g/mol. The van der Waals surface area contributed by atoms with Crippen LogP contribution in [0, 0.1) is 5.82 Å². The first kappa shape index (κ1) is 21.2. The van der Waals surface area contributed by atoms with Gasteiger partial charge in [0.1, 0.15) is 11.6 Å². The van der Waals surface area contributed by atoms with Crippen molar-refractivity contribution in [3.8, 4) is 17.0 Å². The number of rotatable bonds is 5. The molecule has 5 rings (SSSR count). The maximum absolute atomic E-state index is 13.5. The standard InChI is InChI=1S/C26H22FN3O2S/c1-2-17-5-10-21(11-6-17)28-26-30(14-18-3-8-20(27)9-4-18)23(16-33-26)19-7-12-24-22(13-19)29-25(31)15-32-24/h3-13,16H,2,14-15H2,1H3,(H,29,31). The lowest BCUT2D eigenvalue weighted by atomic mass is 10.1. The molecule has 3 aromatic carbocycles. The molecule has 0 bridgehead atoms. The molecule has 33 heavy (non-hydrogen) atoms. The van der Waals surface area contributed by atoms with Crippen molar-refractivity contribution in [3.63, 3.8) is 0 Å². The number of fused-ring (bicyclic) bond motifs is 1. The molecule has 2 heterocycles. The number of thiazole rings is 1. The van der Waals surface area contributed by atoms with E-state index >= 15 is 0 Å². The van der Waals surface area contributed by atoms with Gasteiger partial charge < -0.3 is 14.6 Å². The third-order valence-corrected chi connectivity index (χ3v) is 6.39. The minimum atomic E-state index is -0.263. The van der Waals surface area contributed by atoms with E-state index in [0.717, 1.165) is 33.7 Å². The van der Waals surface area contributed by atoms with E-state index in [1.165, 1.54) is 29.0 Å². The van der Waals surface area contributed by atoms with Crippen molar-refractivity contribution in [3.05, 3.63) is 93.9 Å². The first-order chi connectivity index (χ1) is 16.1. The Hall–Kier alpha value is -3.71. The second-order valence-electron chi connectivity index (χ2n) is 7.80. The molecule has 0 unspecified atom stereocenters. The molecule has 7 heteroatoms. The quantitative estimate of drug-likeness (QED) is 0.427. The number of aromatic nitrogens is 1. The van der Waals surface area contributed by atoms with Crippen molar-refractivity contribution in [1.82, 2.24) is 4.57 Å². The summed E-state index contributed by atoms with van der Waals surface area (Å²) in [5.41, 5.74) is 5.64. The lowest BCUT2D eigenvalue weighted by Gasteiger charge is -2.19. The molecule has 0 fully saturated rings. The van der Waals surface area contributed by atoms with Crippen LogP contribution in [0.5, 0.6) is 5.75 Å². The van der Waals surface area contributed by atoms with Gasteiger partial charge in [0.05, 0.1) is 23.6 Å². The number of carbonyl (C=O) groups excluding carboxylic acids is 1. The Kier molecular flexibility index (Phi) is 5.79. The number of ether oxygens (including phenoxy) is 1. The topological polar surface area (TPSA) is 55.6 Å². The van der Waals surface area contributed by atoms with Gasteiger partial charge in [0.25, 0.3) is 5.91 Å². The number of benzene rings is 3. The number of aryl methyl sites for hydroxylation is 1. The van der Waals surface area contributed by atoms with Crippen LogP contribution in [0.25, 0.3) is 11.3 Å². The second-order valence-corrected chi connectivity index (χ2v) is 8.63. The number of carbonyl (C=O) groups is 1. The molecule has 1 aromatic heterocycles. The van der Waals surface area contributed by atoms with E-state index in [0.29, 0.717) is 18.0 Å². The number of amides is 1. The van der Waals surface area contributed by atoms with Crippen LogP contribution in [-0.2, 0) is 17.8 Å². The Morgan fingerprint density at radius 3 is 2.58 bits per heavy atom. The summed E-state index contributed by atoms with van der Waals surface area (Å²) in [7, 11) is 0. The van der Waals surface area contributed by atoms with Crippen molar-refractivity contribution in [2.45, 2.75) is 19.9 Å². The normalized spacial score (nSPS) is 13.4. The van der Waals surface area contributed by atoms with E-state index in [4.69, 9.17) is 9.73 Å². The summed E-state index contributed by atoms with van der Waals surface area (Å²) in [6.07, 6.45) is 0.979. The zero-order valence-electron chi connectivity index (χ0n) is 18.0. The maximum atomic E-state index is 13.5. The highest BCUT2D eigenvalue weighted by molar-refractivity contribution is 7.07. The van der Waals surface area contributed by atoms with Crippen LogP contribution in [0.3, 0.4) is 0 Å². The van der Waals surface area contributed by atoms with E-state index in [1.54, 1.807) is 12.1 Å². The van der Waals surface area contributed by atoms with Crippen LogP contribution in [0.2, 0.25) is 0 Å². The van der Waals surface area contributed by atoms with Gasteiger partial charge in [0.15, 0.2) is 11.4 Å². The average Bonchev–Trinajstić information content (AvgIpc) is 3.22. The highest BCUT2D eigenvalue weighted by atomic mass is 32.1. The third-order valence-electron chi connectivity index (χ3n) is 5.53. The summed E-state index contributed by atoms with van der Waals surface area (Å²) in [5, 5.41) is 4.92. The summed E-state index contributed by atoms with van der Waals surface area (Å²) < 4.78 is 21.1. The largest absolute Gasteiger partial charge is 0.482 e. The SMILES string of the molecule is CCc1ccc(N=c2scc(-c3ccc4c(c3)NC(=O)CO4)n2Cc2ccc(F)cc2)cc1. The molecule has 5 nitrogen and oxygen atoms in total. The van der Waals surface area contributed by atoms with Crippen molar-refractivity contribution >= 4 is 28.6 Å². The van der Waals surface area contributed by atoms with Gasteiger partial charge in [-0.3, -0.25) is 4.79 Å². The predicted octanol–water partition coefficient (Wildman–Crippen LogP) is 5.53. The number of hydrogen-bond donors (Lipinski definition) is 1. The highest BCUT2D eigenvalue weighted by Gasteiger charge is 2.18. The van der Waals surface area contributed by atoms with Crippen LogP contribution in [0.4, 0.5) is 15.8 Å². The summed E-state index contributed by atoms with van der Waals surface area (Å²) in [5.74, 6) is 0.218. The Morgan fingerprint density at radius 2 is 1.82 bits per heavy atom. The van der Waals surface area contributed by atoms with Crippen molar-refractivity contribution in [2.24, 2.45) is 4.99 Å². The van der Waals surface area contributed by atoms with E-state index in [-0.39, 0.29) is 18.3 Å². The second kappa shape index (κ2) is 9.03. The molecular weight excluding hydrogens is 437 g/mol. The van der Waals surface area contributed by atoms with E-state index < -0.39 is 0 Å². The molecular formula is C26H22FN3O2S. The Morgan fingerprint density at radius 1 is 1.06 bits per heavy atom. The first-order valence-corrected chi connectivity index (χ1v) is 11.6. The lowest BCUT2D eigenvalue weighted by Crippen LogP contribution is -2.25. The molecule has 1 aliphatic heterocycles. The molecule has 0 radical (unpaired) electrons. The monoisotopic (exact) mass is 459 g/mol. The summed E-state index contributed by atoms with van der Waals surface area (Å²) in [6, 6.07) is 20.5. The molecule has 166 valence electrons. The fourth-order valence-corrected chi connectivity index (χ4v) is 4.66. The van der Waals surface area contributed by atoms with Gasteiger partial charge in [0.2, 0.25) is 0 Å². The Balaban J connectivity index is 1.60. The molecule has 1 amide bonds. The molecule has 0 aliphatic carbocycles.